The van der Waals surface area contributed by atoms with Crippen LogP contribution in [0.3, 0.4) is 0 Å². The molecule has 1 aliphatic rings. The van der Waals surface area contributed by atoms with Crippen molar-refractivity contribution >= 4 is 0 Å². The molecule has 1 heterocycles. The first kappa shape index (κ1) is 20.1. The Bertz CT molecular complexity index is 896. The quantitative estimate of drug-likeness (QED) is 0.462. The fourth-order valence-corrected chi connectivity index (χ4v) is 2.92. The van der Waals surface area contributed by atoms with Gasteiger partial charge in [-0.2, -0.15) is 0 Å². The van der Waals surface area contributed by atoms with E-state index in [2.05, 4.69) is 41.5 Å². The van der Waals surface area contributed by atoms with Crippen LogP contribution in [0, 0.1) is 5.92 Å². The van der Waals surface area contributed by atoms with Gasteiger partial charge in [0.2, 0.25) is 0 Å². The van der Waals surface area contributed by atoms with Crippen LogP contribution < -0.4 is 21.3 Å². The maximum Gasteiger partial charge on any atom is 0.328 e. The highest BCUT2D eigenvalue weighted by Crippen LogP contribution is 2.30. The second-order valence-electron chi connectivity index (χ2n) is 7.38. The third-order valence-corrected chi connectivity index (χ3v) is 4.90. The van der Waals surface area contributed by atoms with Gasteiger partial charge in [0.25, 0.3) is 5.56 Å². The largest absolute Gasteiger partial charge is 0.493 e. The van der Waals surface area contributed by atoms with E-state index >= 15 is 0 Å². The van der Waals surface area contributed by atoms with Crippen LogP contribution in [0.1, 0.15) is 44.2 Å². The Hall–Kier alpha value is -2.60. The standard InChI is InChI=1S/C22H29N3O3/c1-17(19-7-6-8-20(15-19)28-16-18-9-10-18)23-12-4-2-3-5-13-25-14-11-21(26)24-22(25)27/h3,5-8,11,14-15,17-18,23H,2,4,9-10,12-13,16H2,1H3,(H,24,26,27)/b5-3+/t17-/m1/s1. The monoisotopic (exact) mass is 383 g/mol. The van der Waals surface area contributed by atoms with Gasteiger partial charge in [-0.3, -0.25) is 14.3 Å². The molecule has 6 nitrogen and oxygen atoms in total. The first-order valence-corrected chi connectivity index (χ1v) is 10.0. The summed E-state index contributed by atoms with van der Waals surface area (Å²) in [4.78, 5) is 24.8. The van der Waals surface area contributed by atoms with Crippen molar-refractivity contribution in [2.24, 2.45) is 5.92 Å². The molecule has 1 aliphatic carbocycles. The van der Waals surface area contributed by atoms with Crippen LogP contribution in [0.2, 0.25) is 0 Å². The van der Waals surface area contributed by atoms with Crippen LogP contribution in [0.15, 0.2) is 58.3 Å². The number of benzene rings is 1. The average molecular weight is 383 g/mol. The second kappa shape index (κ2) is 10.1. The van der Waals surface area contributed by atoms with Crippen molar-refractivity contribution < 1.29 is 4.74 Å². The van der Waals surface area contributed by atoms with E-state index in [0.29, 0.717) is 6.54 Å². The van der Waals surface area contributed by atoms with Gasteiger partial charge in [-0.15, -0.1) is 0 Å². The van der Waals surface area contributed by atoms with Crippen LogP contribution in [0.25, 0.3) is 0 Å². The molecule has 0 radical (unpaired) electrons. The number of hydrogen-bond acceptors (Lipinski definition) is 4. The number of hydrogen-bond donors (Lipinski definition) is 2. The Balaban J connectivity index is 1.34. The van der Waals surface area contributed by atoms with Gasteiger partial charge in [-0.25, -0.2) is 4.79 Å². The summed E-state index contributed by atoms with van der Waals surface area (Å²) in [7, 11) is 0. The number of H-pyrrole nitrogens is 1. The summed E-state index contributed by atoms with van der Waals surface area (Å²) in [6.45, 7) is 4.38. The molecule has 28 heavy (non-hydrogen) atoms. The molecule has 2 N–H and O–H groups in total. The summed E-state index contributed by atoms with van der Waals surface area (Å²) in [6, 6.07) is 9.96. The number of unbranched alkanes of at least 4 members (excludes halogenated alkanes) is 1. The van der Waals surface area contributed by atoms with E-state index in [9.17, 15) is 9.59 Å². The minimum absolute atomic E-state index is 0.271. The van der Waals surface area contributed by atoms with E-state index < -0.39 is 0 Å². The van der Waals surface area contributed by atoms with E-state index in [1.807, 2.05) is 12.1 Å². The highest BCUT2D eigenvalue weighted by molar-refractivity contribution is 5.30. The minimum Gasteiger partial charge on any atom is -0.493 e. The molecular weight excluding hydrogens is 354 g/mol. The molecule has 1 aromatic carbocycles. The summed E-state index contributed by atoms with van der Waals surface area (Å²) < 4.78 is 7.33. The van der Waals surface area contributed by atoms with Crippen LogP contribution in [0.4, 0.5) is 0 Å². The lowest BCUT2D eigenvalue weighted by atomic mass is 10.1. The van der Waals surface area contributed by atoms with Crippen molar-refractivity contribution in [1.29, 1.82) is 0 Å². The summed E-state index contributed by atoms with van der Waals surface area (Å²) in [5, 5.41) is 3.54. The van der Waals surface area contributed by atoms with E-state index in [-0.39, 0.29) is 17.3 Å². The van der Waals surface area contributed by atoms with Crippen molar-refractivity contribution in [2.45, 2.75) is 45.2 Å². The lowest BCUT2D eigenvalue weighted by Crippen LogP contribution is -2.28. The van der Waals surface area contributed by atoms with E-state index in [1.165, 1.54) is 35.2 Å². The molecule has 1 saturated carbocycles. The summed E-state index contributed by atoms with van der Waals surface area (Å²) >= 11 is 0. The zero-order chi connectivity index (χ0) is 19.8. The molecule has 0 saturated heterocycles. The lowest BCUT2D eigenvalue weighted by molar-refractivity contribution is 0.299. The smallest absolute Gasteiger partial charge is 0.328 e. The Morgan fingerprint density at radius 3 is 2.93 bits per heavy atom. The van der Waals surface area contributed by atoms with Crippen LogP contribution in [0.5, 0.6) is 5.75 Å². The Labute approximate surface area is 165 Å². The predicted octanol–water partition coefficient (Wildman–Crippen LogP) is 3.01. The minimum atomic E-state index is -0.379. The third kappa shape index (κ3) is 6.53. The highest BCUT2D eigenvalue weighted by Gasteiger charge is 2.21. The van der Waals surface area contributed by atoms with Crippen LogP contribution in [-0.2, 0) is 6.54 Å². The highest BCUT2D eigenvalue weighted by atomic mass is 16.5. The van der Waals surface area contributed by atoms with Gasteiger partial charge in [0.05, 0.1) is 6.61 Å². The number of ether oxygens (including phenoxy) is 1. The number of rotatable bonds is 11. The topological polar surface area (TPSA) is 76.1 Å². The fraction of sp³-hybridized carbons (Fsp3) is 0.455. The van der Waals surface area contributed by atoms with Crippen LogP contribution in [-0.4, -0.2) is 22.7 Å². The molecule has 0 aliphatic heterocycles. The number of allylic oxidation sites excluding steroid dienone is 2. The lowest BCUT2D eigenvalue weighted by Gasteiger charge is -2.15. The molecule has 3 rings (SSSR count). The van der Waals surface area contributed by atoms with Crippen LogP contribution >= 0.6 is 0 Å². The SMILES string of the molecule is C[C@@H](NCCC/C=C/Cn1ccc(=O)[nH]c1=O)c1cccc(OCC2CC2)c1. The second-order valence-corrected chi connectivity index (χ2v) is 7.38. The van der Waals surface area contributed by atoms with Crippen molar-refractivity contribution in [1.82, 2.24) is 14.9 Å². The van der Waals surface area contributed by atoms with Gasteiger partial charge in [-0.05, 0) is 62.8 Å². The summed E-state index contributed by atoms with van der Waals surface area (Å²) in [5.74, 6) is 1.72. The number of nitrogens with one attached hydrogen (secondary N) is 2. The van der Waals surface area contributed by atoms with Crippen molar-refractivity contribution in [3.05, 3.63) is 75.1 Å². The first-order valence-electron chi connectivity index (χ1n) is 10.0. The summed E-state index contributed by atoms with van der Waals surface area (Å²) in [6.07, 6.45) is 10.1. The van der Waals surface area contributed by atoms with Crippen molar-refractivity contribution in [3.63, 3.8) is 0 Å². The zero-order valence-corrected chi connectivity index (χ0v) is 16.4. The molecule has 1 atom stereocenters. The Morgan fingerprint density at radius 2 is 2.14 bits per heavy atom. The predicted molar refractivity (Wildman–Crippen MR) is 111 cm³/mol. The average Bonchev–Trinajstić information content (AvgIpc) is 3.51. The number of aromatic nitrogens is 2. The fourth-order valence-electron chi connectivity index (χ4n) is 2.92. The van der Waals surface area contributed by atoms with Gasteiger partial charge in [-0.1, -0.05) is 24.3 Å². The molecule has 0 unspecified atom stereocenters. The molecule has 2 aromatic rings. The van der Waals surface area contributed by atoms with Gasteiger partial charge >= 0.3 is 5.69 Å². The maximum atomic E-state index is 11.6. The van der Waals surface area contributed by atoms with E-state index in [0.717, 1.165) is 37.7 Å². The molecule has 0 spiro atoms. The number of nitrogens with zero attached hydrogens (tertiary/aromatic N) is 1. The summed E-state index contributed by atoms with van der Waals surface area (Å²) in [5.41, 5.74) is 0.489. The van der Waals surface area contributed by atoms with Crippen molar-refractivity contribution in [2.75, 3.05) is 13.2 Å². The molecule has 6 heteroatoms. The molecule has 1 fully saturated rings. The van der Waals surface area contributed by atoms with Gasteiger partial charge in [0.1, 0.15) is 5.75 Å². The first-order chi connectivity index (χ1) is 13.6. The van der Waals surface area contributed by atoms with Gasteiger partial charge in [0, 0.05) is 24.8 Å². The molecule has 1 aromatic heterocycles. The number of aromatic amines is 1. The third-order valence-electron chi connectivity index (χ3n) is 4.90. The van der Waals surface area contributed by atoms with Gasteiger partial charge < -0.3 is 10.1 Å². The maximum absolute atomic E-state index is 11.6. The molecule has 0 bridgehead atoms. The van der Waals surface area contributed by atoms with E-state index in [1.54, 1.807) is 0 Å². The normalized spacial score (nSPS) is 15.0. The van der Waals surface area contributed by atoms with E-state index in [4.69, 9.17) is 4.74 Å². The molecule has 0 amide bonds. The van der Waals surface area contributed by atoms with Crippen molar-refractivity contribution in [3.8, 4) is 5.75 Å². The Morgan fingerprint density at radius 1 is 1.29 bits per heavy atom. The zero-order valence-electron chi connectivity index (χ0n) is 16.4. The molecular formula is C22H29N3O3. The Kier molecular flexibility index (Phi) is 7.25. The molecule has 150 valence electrons. The van der Waals surface area contributed by atoms with Gasteiger partial charge in [0.15, 0.2) is 0 Å².